The predicted molar refractivity (Wildman–Crippen MR) is 241 cm³/mol. The number of nitrogens with zero attached hydrogens (tertiary/aromatic N) is 2. The highest BCUT2D eigenvalue weighted by Gasteiger charge is 2.47. The average Bonchev–Trinajstić information content (AvgIpc) is 3.29. The number of carbonyl (C=O) groups is 7. The number of aldehydes is 1. The molecule has 1 fully saturated rings. The number of Topliss-reactive ketones (excluding diaryl/α,β-unsaturated/α-hetero) is 1. The number of ketones is 1. The molecule has 3 aromatic rings. The number of amides is 5. The molecule has 0 saturated heterocycles. The van der Waals surface area contributed by atoms with E-state index < -0.39 is 100 Å². The lowest BCUT2D eigenvalue weighted by molar-refractivity contribution is -0.141. The van der Waals surface area contributed by atoms with Gasteiger partial charge >= 0.3 is 0 Å². The van der Waals surface area contributed by atoms with E-state index in [1.807, 2.05) is 5.32 Å². The minimum absolute atomic E-state index is 0.00379. The van der Waals surface area contributed by atoms with E-state index in [9.17, 15) is 46.0 Å². The van der Waals surface area contributed by atoms with Gasteiger partial charge in [-0.05, 0) is 54.9 Å². The van der Waals surface area contributed by atoms with Crippen molar-refractivity contribution >= 4 is 63.2 Å². The van der Waals surface area contributed by atoms with E-state index in [4.69, 9.17) is 16.3 Å². The lowest BCUT2D eigenvalue weighted by Gasteiger charge is -2.37. The Kier molecular flexibility index (Phi) is 20.2. The standard InChI is InChI=1S/C45H57ClF2N8O10S/c1-5-28(4)38(42(61)53-34(22-29-12-7-6-8-13-29)40(59)52-33(24-37(47)48)39(58)43(62)51-20-21-57)54-44(63)45(25-27(2)3,55-41(60)35-26-49-18-19-50-35)56-67(64,65)31-15-11-14-30(23-31)66-36-17-10-9-16-32(36)46/h9-11,14-19,21,23,26-29,33-34,37-38,56H,5-8,12-13,20,22,24-25H2,1-4H3,(H,51,62)(H,52,59)(H,53,61)(H,54,63)(H,55,60). The second-order valence-corrected chi connectivity index (χ2v) is 18.8. The molecule has 4 rings (SSSR count). The van der Waals surface area contributed by atoms with Gasteiger partial charge in [-0.2, -0.15) is 4.72 Å². The topological polar surface area (TPSA) is 261 Å². The monoisotopic (exact) mass is 974 g/mol. The maximum absolute atomic E-state index is 15.0. The van der Waals surface area contributed by atoms with E-state index in [1.165, 1.54) is 36.7 Å². The molecule has 6 N–H and O–H groups in total. The molecule has 5 unspecified atom stereocenters. The minimum atomic E-state index is -4.78. The van der Waals surface area contributed by atoms with Gasteiger partial charge in [0.05, 0.1) is 22.7 Å². The Labute approximate surface area is 393 Å². The van der Waals surface area contributed by atoms with Crippen LogP contribution in [0.25, 0.3) is 0 Å². The Hall–Kier alpha value is -5.93. The molecule has 22 heteroatoms. The van der Waals surface area contributed by atoms with Gasteiger partial charge in [0.25, 0.3) is 17.7 Å². The molecule has 67 heavy (non-hydrogen) atoms. The van der Waals surface area contributed by atoms with E-state index in [1.54, 1.807) is 52.0 Å². The Bertz CT molecular complexity index is 2320. The maximum Gasteiger partial charge on any atom is 0.289 e. The molecular weight excluding hydrogens is 918 g/mol. The van der Waals surface area contributed by atoms with Crippen molar-refractivity contribution in [2.45, 2.75) is 121 Å². The number of aromatic nitrogens is 2. The molecule has 364 valence electrons. The Balaban J connectivity index is 1.74. The summed E-state index contributed by atoms with van der Waals surface area (Å²) in [4.78, 5) is 101. The number of para-hydroxylation sites is 1. The van der Waals surface area contributed by atoms with Gasteiger partial charge in [-0.3, -0.25) is 33.8 Å². The number of ether oxygens (including phenoxy) is 1. The van der Waals surface area contributed by atoms with E-state index in [2.05, 4.69) is 36.0 Å². The van der Waals surface area contributed by atoms with Crippen LogP contribution in [-0.2, 0) is 38.8 Å². The van der Waals surface area contributed by atoms with Gasteiger partial charge in [0.15, 0.2) is 5.66 Å². The zero-order chi connectivity index (χ0) is 49.3. The number of nitrogens with one attached hydrogen (secondary N) is 6. The van der Waals surface area contributed by atoms with Gasteiger partial charge in [0, 0.05) is 24.9 Å². The SMILES string of the molecule is CCC(C)C(NC(=O)C(CC(C)C)(NC(=O)c1cnccn1)NS(=O)(=O)c1cccc(Oc2ccccc2Cl)c1)C(=O)NC(CC1CCCCC1)C(=O)NC(CC(F)F)C(=O)C(=O)NCC=O. The van der Waals surface area contributed by atoms with Gasteiger partial charge in [-0.15, -0.1) is 0 Å². The molecule has 1 aromatic heterocycles. The molecule has 1 aliphatic rings. The van der Waals surface area contributed by atoms with Crippen molar-refractivity contribution in [3.05, 3.63) is 77.8 Å². The molecule has 1 aliphatic carbocycles. The molecule has 18 nitrogen and oxygen atoms in total. The van der Waals surface area contributed by atoms with Crippen molar-refractivity contribution in [3.63, 3.8) is 0 Å². The second kappa shape index (κ2) is 25.3. The number of halogens is 3. The fraction of sp³-hybridized carbons (Fsp3) is 0.489. The van der Waals surface area contributed by atoms with Crippen LogP contribution in [0.3, 0.4) is 0 Å². The minimum Gasteiger partial charge on any atom is -0.456 e. The first-order valence-electron chi connectivity index (χ1n) is 21.9. The van der Waals surface area contributed by atoms with Crippen LogP contribution in [0.15, 0.2) is 72.0 Å². The van der Waals surface area contributed by atoms with Crippen LogP contribution in [-0.4, -0.2) is 96.7 Å². The molecule has 5 atom stereocenters. The zero-order valence-corrected chi connectivity index (χ0v) is 39.1. The smallest absolute Gasteiger partial charge is 0.289 e. The van der Waals surface area contributed by atoms with Crippen LogP contribution in [0.5, 0.6) is 11.5 Å². The average molecular weight is 976 g/mol. The number of rotatable bonds is 25. The summed E-state index contributed by atoms with van der Waals surface area (Å²) in [6, 6.07) is 6.75. The van der Waals surface area contributed by atoms with Gasteiger partial charge < -0.3 is 36.1 Å². The summed E-state index contributed by atoms with van der Waals surface area (Å²) in [5, 5.41) is 12.2. The van der Waals surface area contributed by atoms with Crippen LogP contribution in [0.1, 0.15) is 96.0 Å². The van der Waals surface area contributed by atoms with Crippen molar-refractivity contribution < 1.29 is 55.5 Å². The van der Waals surface area contributed by atoms with Gasteiger partial charge in [0.1, 0.15) is 41.6 Å². The lowest BCUT2D eigenvalue weighted by Crippen LogP contribution is -2.71. The summed E-state index contributed by atoms with van der Waals surface area (Å²) in [6.45, 7) is 6.05. The number of hydrogen-bond donors (Lipinski definition) is 6. The van der Waals surface area contributed by atoms with Crippen LogP contribution < -0.4 is 36.0 Å². The van der Waals surface area contributed by atoms with Crippen LogP contribution in [0, 0.1) is 17.8 Å². The molecule has 5 amide bonds. The summed E-state index contributed by atoms with van der Waals surface area (Å²) in [5.41, 5.74) is -2.82. The first kappa shape index (κ1) is 53.7. The van der Waals surface area contributed by atoms with Crippen molar-refractivity contribution in [2.75, 3.05) is 6.54 Å². The molecule has 0 spiro atoms. The van der Waals surface area contributed by atoms with Gasteiger partial charge in [-0.1, -0.05) is 96.0 Å². The molecule has 2 aromatic carbocycles. The number of hydrogen-bond acceptors (Lipinski definition) is 12. The summed E-state index contributed by atoms with van der Waals surface area (Å²) in [6.07, 6.45) is 3.23. The highest BCUT2D eigenvalue weighted by molar-refractivity contribution is 7.89. The third-order valence-corrected chi connectivity index (χ3v) is 12.8. The maximum atomic E-state index is 15.0. The number of alkyl halides is 2. The van der Waals surface area contributed by atoms with Gasteiger partial charge in [-0.25, -0.2) is 22.2 Å². The summed E-state index contributed by atoms with van der Waals surface area (Å²) < 4.78 is 64.6. The summed E-state index contributed by atoms with van der Waals surface area (Å²) in [5.74, 6) is -8.08. The van der Waals surface area contributed by atoms with Crippen LogP contribution in [0.2, 0.25) is 5.02 Å². The van der Waals surface area contributed by atoms with Crippen LogP contribution >= 0.6 is 11.6 Å². The highest BCUT2D eigenvalue weighted by atomic mass is 35.5. The molecular formula is C45H57ClF2N8O10S. The quantitative estimate of drug-likeness (QED) is 0.0393. The molecule has 1 heterocycles. The fourth-order valence-electron chi connectivity index (χ4n) is 7.53. The molecule has 0 aliphatic heterocycles. The Morgan fingerprint density at radius 2 is 1.63 bits per heavy atom. The molecule has 0 radical (unpaired) electrons. The Morgan fingerprint density at radius 3 is 2.25 bits per heavy atom. The number of carbonyl (C=O) groups excluding carboxylic acids is 7. The van der Waals surface area contributed by atoms with E-state index in [-0.39, 0.29) is 58.6 Å². The van der Waals surface area contributed by atoms with E-state index in [0.717, 1.165) is 25.5 Å². The van der Waals surface area contributed by atoms with E-state index >= 15 is 4.79 Å². The second-order valence-electron chi connectivity index (χ2n) is 16.7. The van der Waals surface area contributed by atoms with E-state index in [0.29, 0.717) is 12.8 Å². The first-order valence-corrected chi connectivity index (χ1v) is 23.8. The number of benzene rings is 2. The largest absolute Gasteiger partial charge is 0.456 e. The fourth-order valence-corrected chi connectivity index (χ4v) is 9.03. The molecule has 0 bridgehead atoms. The van der Waals surface area contributed by atoms with Crippen LogP contribution in [0.4, 0.5) is 8.78 Å². The third kappa shape index (κ3) is 15.8. The molecule has 1 saturated carbocycles. The first-order chi connectivity index (χ1) is 31.8. The Morgan fingerprint density at radius 1 is 0.925 bits per heavy atom. The highest BCUT2D eigenvalue weighted by Crippen LogP contribution is 2.31. The number of sulfonamides is 1. The van der Waals surface area contributed by atoms with Crippen molar-refractivity contribution in [2.24, 2.45) is 17.8 Å². The van der Waals surface area contributed by atoms with Crippen molar-refractivity contribution in [1.82, 2.24) is 41.3 Å². The lowest BCUT2D eigenvalue weighted by atomic mass is 9.84. The summed E-state index contributed by atoms with van der Waals surface area (Å²) >= 11 is 6.27. The van der Waals surface area contributed by atoms with Crippen molar-refractivity contribution in [3.8, 4) is 11.5 Å². The zero-order valence-electron chi connectivity index (χ0n) is 37.6. The normalized spacial score (nSPS) is 15.8. The summed E-state index contributed by atoms with van der Waals surface area (Å²) in [7, 11) is -4.78. The predicted octanol–water partition coefficient (Wildman–Crippen LogP) is 4.38. The third-order valence-electron chi connectivity index (χ3n) is 11.0. The van der Waals surface area contributed by atoms with Gasteiger partial charge in [0.2, 0.25) is 34.0 Å². The van der Waals surface area contributed by atoms with Crippen molar-refractivity contribution in [1.29, 1.82) is 0 Å².